The Bertz CT molecular complexity index is 351. The van der Waals surface area contributed by atoms with Crippen molar-refractivity contribution >= 4 is 21.6 Å². The first kappa shape index (κ1) is 5.86. The van der Waals surface area contributed by atoms with Crippen LogP contribution >= 0.6 is 11.3 Å². The fourth-order valence-corrected chi connectivity index (χ4v) is 1.75. The first-order valence-electron chi connectivity index (χ1n) is 3.17. The van der Waals surface area contributed by atoms with E-state index in [0.717, 1.165) is 10.5 Å². The van der Waals surface area contributed by atoms with Crippen molar-refractivity contribution in [2.24, 2.45) is 0 Å². The molecule has 0 saturated carbocycles. The lowest BCUT2D eigenvalue weighted by molar-refractivity contribution is 1.27. The maximum Gasteiger partial charge on any atom is 0.123 e. The molecule has 2 rings (SSSR count). The van der Waals surface area contributed by atoms with Gasteiger partial charge in [-0.3, -0.25) is 0 Å². The van der Waals surface area contributed by atoms with Gasteiger partial charge in [0.1, 0.15) is 4.83 Å². The summed E-state index contributed by atoms with van der Waals surface area (Å²) in [4.78, 5) is 5.49. The number of aryl methyl sites for hydroxylation is 1. The zero-order chi connectivity index (χ0) is 6.97. The van der Waals surface area contributed by atoms with Gasteiger partial charge in [0.25, 0.3) is 0 Å². The molecule has 2 heterocycles. The van der Waals surface area contributed by atoms with Crippen molar-refractivity contribution in [3.63, 3.8) is 0 Å². The highest BCUT2D eigenvalue weighted by molar-refractivity contribution is 7.16. The minimum atomic E-state index is 1.09. The van der Waals surface area contributed by atoms with E-state index in [-0.39, 0.29) is 0 Å². The molecular formula is C8H7NS. The quantitative estimate of drug-likeness (QED) is 0.561. The molecule has 0 saturated heterocycles. The van der Waals surface area contributed by atoms with Crippen molar-refractivity contribution < 1.29 is 0 Å². The Labute approximate surface area is 63.3 Å². The Morgan fingerprint density at radius 2 is 2.20 bits per heavy atom. The van der Waals surface area contributed by atoms with Crippen LogP contribution in [0.3, 0.4) is 0 Å². The summed E-state index contributed by atoms with van der Waals surface area (Å²) >= 11 is 1.69. The summed E-state index contributed by atoms with van der Waals surface area (Å²) < 4.78 is 0. The third-order valence-electron chi connectivity index (χ3n) is 1.46. The maximum atomic E-state index is 4.35. The van der Waals surface area contributed by atoms with Crippen LogP contribution in [0.25, 0.3) is 10.2 Å². The van der Waals surface area contributed by atoms with Crippen LogP contribution in [0.5, 0.6) is 0 Å². The molecule has 2 aromatic rings. The number of hydrogen-bond donors (Lipinski definition) is 0. The minimum absolute atomic E-state index is 1.09. The molecule has 0 fully saturated rings. The fourth-order valence-electron chi connectivity index (χ4n) is 0.937. The Hall–Kier alpha value is -0.890. The van der Waals surface area contributed by atoms with E-state index in [1.54, 1.807) is 11.3 Å². The molecule has 50 valence electrons. The molecule has 0 spiro atoms. The normalized spacial score (nSPS) is 10.5. The van der Waals surface area contributed by atoms with Crippen LogP contribution in [0.4, 0.5) is 0 Å². The van der Waals surface area contributed by atoms with E-state index >= 15 is 0 Å². The molecule has 0 aliphatic rings. The molecule has 2 heteroatoms. The van der Waals surface area contributed by atoms with Gasteiger partial charge in [0.05, 0.1) is 0 Å². The summed E-state index contributed by atoms with van der Waals surface area (Å²) in [5, 5.41) is 3.31. The number of rotatable bonds is 0. The minimum Gasteiger partial charge on any atom is -0.242 e. The summed E-state index contributed by atoms with van der Waals surface area (Å²) in [5.41, 5.74) is 1.09. The molecule has 0 N–H and O–H groups in total. The van der Waals surface area contributed by atoms with Gasteiger partial charge in [-0.1, -0.05) is 6.07 Å². The summed E-state index contributed by atoms with van der Waals surface area (Å²) in [6, 6.07) is 6.23. The van der Waals surface area contributed by atoms with Gasteiger partial charge in [0, 0.05) is 11.1 Å². The van der Waals surface area contributed by atoms with E-state index in [2.05, 4.69) is 22.5 Å². The van der Waals surface area contributed by atoms with E-state index in [1.165, 1.54) is 5.39 Å². The zero-order valence-corrected chi connectivity index (χ0v) is 6.48. The van der Waals surface area contributed by atoms with E-state index in [9.17, 15) is 0 Å². The number of thiophene rings is 1. The smallest absolute Gasteiger partial charge is 0.123 e. The highest BCUT2D eigenvalue weighted by Gasteiger charge is 1.93. The Morgan fingerprint density at radius 1 is 1.30 bits per heavy atom. The maximum absolute atomic E-state index is 4.35. The van der Waals surface area contributed by atoms with Crippen LogP contribution < -0.4 is 0 Å². The largest absolute Gasteiger partial charge is 0.242 e. The number of hydrogen-bond acceptors (Lipinski definition) is 2. The van der Waals surface area contributed by atoms with Gasteiger partial charge in [-0.05, 0) is 24.4 Å². The summed E-state index contributed by atoms with van der Waals surface area (Å²) in [7, 11) is 0. The number of nitrogens with zero attached hydrogens (tertiary/aromatic N) is 1. The first-order chi connectivity index (χ1) is 4.86. The van der Waals surface area contributed by atoms with Crippen LogP contribution in [-0.2, 0) is 0 Å². The number of fused-ring (bicyclic) bond motifs is 1. The molecule has 0 atom stereocenters. The van der Waals surface area contributed by atoms with Crippen molar-refractivity contribution in [1.82, 2.24) is 4.98 Å². The number of pyridine rings is 1. The predicted molar refractivity (Wildman–Crippen MR) is 44.4 cm³/mol. The molecule has 0 aliphatic heterocycles. The molecule has 0 aliphatic carbocycles. The summed E-state index contributed by atoms with van der Waals surface area (Å²) in [6.45, 7) is 2.01. The van der Waals surface area contributed by atoms with Crippen LogP contribution in [0.15, 0.2) is 23.6 Å². The summed E-state index contributed by atoms with van der Waals surface area (Å²) in [6.07, 6.45) is 0. The third-order valence-corrected chi connectivity index (χ3v) is 2.28. The molecule has 0 bridgehead atoms. The predicted octanol–water partition coefficient (Wildman–Crippen LogP) is 2.60. The molecule has 2 aromatic heterocycles. The van der Waals surface area contributed by atoms with E-state index in [0.29, 0.717) is 0 Å². The van der Waals surface area contributed by atoms with Crippen molar-refractivity contribution in [1.29, 1.82) is 0 Å². The van der Waals surface area contributed by atoms with Crippen LogP contribution in [-0.4, -0.2) is 4.98 Å². The second kappa shape index (κ2) is 2.06. The van der Waals surface area contributed by atoms with E-state index in [4.69, 9.17) is 0 Å². The van der Waals surface area contributed by atoms with Gasteiger partial charge in [-0.2, -0.15) is 0 Å². The lowest BCUT2D eigenvalue weighted by Gasteiger charge is -1.89. The Balaban J connectivity index is 2.86. The average Bonchev–Trinajstić information content (AvgIpc) is 2.33. The van der Waals surface area contributed by atoms with Gasteiger partial charge in [0.15, 0.2) is 0 Å². The van der Waals surface area contributed by atoms with Crippen molar-refractivity contribution in [2.75, 3.05) is 0 Å². The van der Waals surface area contributed by atoms with Gasteiger partial charge in [-0.25, -0.2) is 4.98 Å². The van der Waals surface area contributed by atoms with Gasteiger partial charge in [-0.15, -0.1) is 11.3 Å². The molecular weight excluding hydrogens is 142 g/mol. The Kier molecular flexibility index (Phi) is 1.21. The van der Waals surface area contributed by atoms with Crippen molar-refractivity contribution in [3.8, 4) is 0 Å². The number of aromatic nitrogens is 1. The topological polar surface area (TPSA) is 12.9 Å². The van der Waals surface area contributed by atoms with Gasteiger partial charge < -0.3 is 0 Å². The van der Waals surface area contributed by atoms with Crippen LogP contribution in [0.1, 0.15) is 5.69 Å². The lowest BCUT2D eigenvalue weighted by Crippen LogP contribution is -1.75. The fraction of sp³-hybridized carbons (Fsp3) is 0.125. The highest BCUT2D eigenvalue weighted by Crippen LogP contribution is 2.17. The first-order valence-corrected chi connectivity index (χ1v) is 4.05. The van der Waals surface area contributed by atoms with E-state index in [1.807, 2.05) is 13.0 Å². The monoisotopic (exact) mass is 149 g/mol. The van der Waals surface area contributed by atoms with Crippen molar-refractivity contribution in [3.05, 3.63) is 29.3 Å². The Morgan fingerprint density at radius 3 is 3.10 bits per heavy atom. The molecule has 10 heavy (non-hydrogen) atoms. The van der Waals surface area contributed by atoms with Gasteiger partial charge >= 0.3 is 0 Å². The van der Waals surface area contributed by atoms with Crippen molar-refractivity contribution in [2.45, 2.75) is 6.92 Å². The molecule has 0 radical (unpaired) electrons. The van der Waals surface area contributed by atoms with Crippen LogP contribution in [0, 0.1) is 6.92 Å². The average molecular weight is 149 g/mol. The van der Waals surface area contributed by atoms with Gasteiger partial charge in [0.2, 0.25) is 0 Å². The molecule has 0 amide bonds. The molecule has 1 nitrogen and oxygen atoms in total. The van der Waals surface area contributed by atoms with E-state index < -0.39 is 0 Å². The van der Waals surface area contributed by atoms with Crippen LogP contribution in [0.2, 0.25) is 0 Å². The molecule has 0 aromatic carbocycles. The second-order valence-corrected chi connectivity index (χ2v) is 3.16. The zero-order valence-electron chi connectivity index (χ0n) is 5.66. The highest BCUT2D eigenvalue weighted by atomic mass is 32.1. The summed E-state index contributed by atoms with van der Waals surface area (Å²) in [5.74, 6) is 0. The lowest BCUT2D eigenvalue weighted by atomic mass is 10.3. The second-order valence-electron chi connectivity index (χ2n) is 2.27. The standard InChI is InChI=1S/C8H7NS/c1-6-2-3-7-4-5-10-8(7)9-6/h2-5H,1H3. The third kappa shape index (κ3) is 0.809. The SMILES string of the molecule is Cc1ccc2ccsc2n1. The molecule has 0 unspecified atom stereocenters.